The molecule has 0 spiro atoms. The summed E-state index contributed by atoms with van der Waals surface area (Å²) in [4.78, 5) is 79.4. The van der Waals surface area contributed by atoms with E-state index in [0.717, 1.165) is 0 Å². The number of hydrogen-bond donors (Lipinski definition) is 4. The fourth-order valence-electron chi connectivity index (χ4n) is 6.68. The van der Waals surface area contributed by atoms with E-state index in [1.54, 1.807) is 20.0 Å². The molecule has 1 aliphatic carbocycles. The molecule has 1 aliphatic heterocycles. The molecule has 2 aromatic carbocycles. The Kier molecular flexibility index (Phi) is 13.4. The molecule has 20 heteroatoms. The molecule has 1 fully saturated rings. The molecule has 4 N–H and O–H groups in total. The summed E-state index contributed by atoms with van der Waals surface area (Å²) in [7, 11) is 1.62. The van der Waals surface area contributed by atoms with Crippen molar-refractivity contribution in [1.29, 1.82) is 0 Å². The maximum Gasteiger partial charge on any atom is 0.420 e. The molecule has 0 saturated carbocycles. The minimum Gasteiger partial charge on any atom is -0.444 e. The van der Waals surface area contributed by atoms with Gasteiger partial charge in [0.1, 0.15) is 6.10 Å². The molecule has 1 saturated heterocycles. The Morgan fingerprint density at radius 1 is 1.04 bits per heavy atom. The van der Waals surface area contributed by atoms with Gasteiger partial charge in [-0.1, -0.05) is 42.8 Å². The van der Waals surface area contributed by atoms with Crippen LogP contribution in [0.1, 0.15) is 41.4 Å². The largest absolute Gasteiger partial charge is 0.444 e. The third kappa shape index (κ3) is 9.76. The van der Waals surface area contributed by atoms with E-state index in [4.69, 9.17) is 16.3 Å². The van der Waals surface area contributed by atoms with Crippen LogP contribution in [0.3, 0.4) is 0 Å². The van der Waals surface area contributed by atoms with Crippen molar-refractivity contribution in [2.75, 3.05) is 38.5 Å². The molecule has 296 valence electrons. The van der Waals surface area contributed by atoms with E-state index < -0.39 is 46.9 Å². The van der Waals surface area contributed by atoms with Gasteiger partial charge in [-0.15, -0.1) is 0 Å². The number of aromatic nitrogens is 4. The monoisotopic (exact) mass is 870 g/mol. The van der Waals surface area contributed by atoms with Crippen molar-refractivity contribution in [3.8, 4) is 0 Å². The number of likely N-dealkylation sites (N-methyl/N-ethyl adjacent to an activating group) is 1. The first-order valence-electron chi connectivity index (χ1n) is 17.9. The molecule has 2 aliphatic rings. The van der Waals surface area contributed by atoms with Crippen molar-refractivity contribution in [2.24, 2.45) is 0 Å². The number of anilines is 1. The summed E-state index contributed by atoms with van der Waals surface area (Å²) in [5.74, 6) is -0.734. The van der Waals surface area contributed by atoms with Crippen LogP contribution in [0.25, 0.3) is 10.9 Å². The highest BCUT2D eigenvalue weighted by molar-refractivity contribution is 9.10. The van der Waals surface area contributed by atoms with Crippen LogP contribution < -0.4 is 26.2 Å². The highest BCUT2D eigenvalue weighted by Crippen LogP contribution is 2.26. The minimum absolute atomic E-state index is 0.00775. The average molecular weight is 872 g/mol. The predicted molar refractivity (Wildman–Crippen MR) is 212 cm³/mol. The summed E-state index contributed by atoms with van der Waals surface area (Å²) in [5.41, 5.74) is 2.37. The zero-order chi connectivity index (χ0) is 39.9. The highest BCUT2D eigenvalue weighted by Gasteiger charge is 2.30. The van der Waals surface area contributed by atoms with Gasteiger partial charge in [0.2, 0.25) is 11.2 Å². The van der Waals surface area contributed by atoms with Crippen LogP contribution >= 0.6 is 27.5 Å². The number of carbonyl (C=O) groups is 4. The number of piperazine rings is 1. The molecular formula is C36H40BrClN10O7S. The number of rotatable bonds is 13. The van der Waals surface area contributed by atoms with Crippen LogP contribution in [0.15, 0.2) is 64.4 Å². The number of carbonyl (C=O) groups excluding carboxylic acids is 4. The molecule has 3 heterocycles. The predicted octanol–water partition coefficient (Wildman–Crippen LogP) is 2.98. The number of hydrogen-bond acceptors (Lipinski definition) is 11. The fraction of sp³-hybridized carbons (Fsp3) is 0.389. The highest BCUT2D eigenvalue weighted by atomic mass is 79.9. The van der Waals surface area contributed by atoms with Crippen LogP contribution in [0.5, 0.6) is 0 Å². The summed E-state index contributed by atoms with van der Waals surface area (Å²) in [5, 5.41) is 9.28. The molecule has 3 unspecified atom stereocenters. The number of amides is 4. The van der Waals surface area contributed by atoms with Gasteiger partial charge in [-0.2, -0.15) is 0 Å². The maximum absolute atomic E-state index is 13.2. The minimum atomic E-state index is -1.99. The number of fused-ring (bicyclic) bond motifs is 2. The molecule has 3 atom stereocenters. The normalized spacial score (nSPS) is 16.1. The lowest BCUT2D eigenvalue weighted by Crippen LogP contribution is -2.53. The van der Waals surface area contributed by atoms with E-state index in [1.807, 2.05) is 24.3 Å². The molecule has 17 nitrogen and oxygen atoms in total. The number of halogens is 2. The lowest BCUT2D eigenvalue weighted by molar-refractivity contribution is -0.120. The number of ketones is 1. The Hall–Kier alpha value is -4.82. The SMILES string of the molecule is CCC(OC(=O)NS(=O)N1CCN(C(=O)Nc2nccnc2C(=O)NC2Cc3ccccc3C2)CC1)C(CC(=O)Cn1cnc2cc(Br)c(Cl)cc2c1=O)NC. The van der Waals surface area contributed by atoms with Crippen molar-refractivity contribution in [2.45, 2.75) is 57.3 Å². The van der Waals surface area contributed by atoms with E-state index in [9.17, 15) is 28.2 Å². The van der Waals surface area contributed by atoms with Gasteiger partial charge in [0.05, 0.1) is 34.8 Å². The summed E-state index contributed by atoms with van der Waals surface area (Å²) in [6.45, 7) is 2.17. The Labute approximate surface area is 337 Å². The van der Waals surface area contributed by atoms with Crippen LogP contribution in [-0.4, -0.2) is 108 Å². The van der Waals surface area contributed by atoms with Crippen LogP contribution in [-0.2, 0) is 40.1 Å². The smallest absolute Gasteiger partial charge is 0.420 e. The Morgan fingerprint density at radius 3 is 2.41 bits per heavy atom. The molecule has 0 radical (unpaired) electrons. The van der Waals surface area contributed by atoms with Crippen molar-refractivity contribution >= 4 is 79.2 Å². The second kappa shape index (κ2) is 18.4. The quantitative estimate of drug-likeness (QED) is 0.154. The summed E-state index contributed by atoms with van der Waals surface area (Å²) in [6, 6.07) is 9.91. The lowest BCUT2D eigenvalue weighted by atomic mass is 10.0. The van der Waals surface area contributed by atoms with Crippen molar-refractivity contribution in [1.82, 2.24) is 44.1 Å². The maximum atomic E-state index is 13.2. The lowest BCUT2D eigenvalue weighted by Gasteiger charge is -2.33. The first-order valence-corrected chi connectivity index (χ1v) is 20.1. The zero-order valence-corrected chi connectivity index (χ0v) is 33.7. The number of nitrogens with one attached hydrogen (secondary N) is 4. The van der Waals surface area contributed by atoms with E-state index in [1.165, 1.54) is 49.7 Å². The summed E-state index contributed by atoms with van der Waals surface area (Å²) < 4.78 is 24.3. The molecule has 0 bridgehead atoms. The van der Waals surface area contributed by atoms with Gasteiger partial charge in [0.25, 0.3) is 11.5 Å². The van der Waals surface area contributed by atoms with E-state index >= 15 is 0 Å². The third-order valence-electron chi connectivity index (χ3n) is 9.60. The first-order chi connectivity index (χ1) is 26.9. The van der Waals surface area contributed by atoms with Gasteiger partial charge >= 0.3 is 12.1 Å². The Bertz CT molecular complexity index is 2200. The van der Waals surface area contributed by atoms with Crippen LogP contribution in [0.2, 0.25) is 5.02 Å². The van der Waals surface area contributed by atoms with Gasteiger partial charge in [-0.25, -0.2) is 37.8 Å². The van der Waals surface area contributed by atoms with Crippen LogP contribution in [0.4, 0.5) is 15.4 Å². The summed E-state index contributed by atoms with van der Waals surface area (Å²) in [6.07, 6.45) is 4.00. The molecule has 2 aromatic heterocycles. The second-order valence-electron chi connectivity index (χ2n) is 13.2. The van der Waals surface area contributed by atoms with Crippen LogP contribution in [0, 0.1) is 0 Å². The van der Waals surface area contributed by atoms with Gasteiger partial charge in [0.15, 0.2) is 17.3 Å². The van der Waals surface area contributed by atoms with Crippen molar-refractivity contribution in [3.63, 3.8) is 0 Å². The molecular weight excluding hydrogens is 832 g/mol. The molecule has 4 amide bonds. The average Bonchev–Trinajstić information content (AvgIpc) is 3.60. The van der Waals surface area contributed by atoms with Gasteiger partial charge in [-0.3, -0.25) is 24.3 Å². The topological polar surface area (TPSA) is 210 Å². The summed E-state index contributed by atoms with van der Waals surface area (Å²) >= 11 is 7.48. The fourth-order valence-corrected chi connectivity index (χ4v) is 7.99. The van der Waals surface area contributed by atoms with Gasteiger partial charge in [-0.05, 0) is 65.5 Å². The van der Waals surface area contributed by atoms with E-state index in [-0.39, 0.29) is 67.9 Å². The molecule has 56 heavy (non-hydrogen) atoms. The second-order valence-corrected chi connectivity index (χ2v) is 15.7. The van der Waals surface area contributed by atoms with Crippen molar-refractivity contribution < 1.29 is 28.1 Å². The van der Waals surface area contributed by atoms with E-state index in [0.29, 0.717) is 34.3 Å². The number of benzene rings is 2. The standard InChI is InChI=1S/C36H40BrClN10O7S/c1-3-30(29(39-2)16-24(49)19-47-20-42-28-18-26(37)27(38)17-25(28)34(47)51)55-36(53)45-56(54)48-12-10-46(11-13-48)35(52)44-32-31(40-8-9-41-32)33(50)43-23-14-21-6-4-5-7-22(21)15-23/h4-9,17-18,20,23,29-30,39H,3,10-16,19H2,1-2H3,(H,43,50)(H,45,53)(H,41,44,52). The van der Waals surface area contributed by atoms with Crippen molar-refractivity contribution in [3.05, 3.63) is 91.8 Å². The van der Waals surface area contributed by atoms with Gasteiger partial charge in [0, 0.05) is 55.5 Å². The Morgan fingerprint density at radius 2 is 1.73 bits per heavy atom. The third-order valence-corrected chi connectivity index (χ3v) is 12.0. The Balaban J connectivity index is 0.958. The number of ether oxygens (including phenoxy) is 1. The zero-order valence-electron chi connectivity index (χ0n) is 30.5. The first kappa shape index (κ1) is 40.8. The molecule has 4 aromatic rings. The number of Topliss-reactive ketones (excluding diaryl/α,β-unsaturated/α-hetero) is 1. The number of urea groups is 1. The van der Waals surface area contributed by atoms with E-state index in [2.05, 4.69) is 51.6 Å². The molecule has 6 rings (SSSR count). The number of nitrogens with zero attached hydrogens (tertiary/aromatic N) is 6. The van der Waals surface area contributed by atoms with Gasteiger partial charge < -0.3 is 20.3 Å².